The molecule has 1 heterocycles. The monoisotopic (exact) mass is 242 g/mol. The molecule has 0 spiro atoms. The van der Waals surface area contributed by atoms with Gasteiger partial charge in [0.25, 0.3) is 0 Å². The second kappa shape index (κ2) is 4.64. The van der Waals surface area contributed by atoms with Gasteiger partial charge in [0.2, 0.25) is 0 Å². The zero-order chi connectivity index (χ0) is 12.4. The van der Waals surface area contributed by atoms with Crippen LogP contribution < -0.4 is 0 Å². The van der Waals surface area contributed by atoms with Gasteiger partial charge in [0.15, 0.2) is 0 Å². The van der Waals surface area contributed by atoms with Gasteiger partial charge in [-0.25, -0.2) is 9.78 Å². The van der Waals surface area contributed by atoms with E-state index >= 15 is 0 Å². The van der Waals surface area contributed by atoms with E-state index in [1.54, 1.807) is 24.7 Å². The highest BCUT2D eigenvalue weighted by Crippen LogP contribution is 2.34. The summed E-state index contributed by atoms with van der Waals surface area (Å²) in [6.45, 7) is 0. The van der Waals surface area contributed by atoms with Crippen molar-refractivity contribution in [2.75, 3.05) is 0 Å². The van der Waals surface area contributed by atoms with Gasteiger partial charge in [-0.05, 0) is 12.1 Å². The van der Waals surface area contributed by atoms with Gasteiger partial charge in [-0.3, -0.25) is 0 Å². The van der Waals surface area contributed by atoms with Crippen LogP contribution in [-0.4, -0.2) is 21.6 Å². The molecular formula is C14H14N2O2. The van der Waals surface area contributed by atoms with E-state index in [-0.39, 0.29) is 12.1 Å². The number of aromatic nitrogens is 2. The molecule has 0 atom stereocenters. The van der Waals surface area contributed by atoms with Crippen LogP contribution in [0.25, 0.3) is 0 Å². The number of carbonyl (C=O) groups is 1. The number of nitrogens with zero attached hydrogens (tertiary/aromatic N) is 2. The molecule has 1 aliphatic carbocycles. The molecule has 4 nitrogen and oxygen atoms in total. The number of rotatable bonds is 3. The summed E-state index contributed by atoms with van der Waals surface area (Å²) in [5.41, 5.74) is 0.614. The highest BCUT2D eigenvalue weighted by Gasteiger charge is 2.33. The third-order valence-corrected chi connectivity index (χ3v) is 3.30. The summed E-state index contributed by atoms with van der Waals surface area (Å²) in [5.74, 6) is -0.232. The molecule has 0 unspecified atom stereocenters. The fourth-order valence-corrected chi connectivity index (χ4v) is 2.16. The van der Waals surface area contributed by atoms with Gasteiger partial charge in [-0.1, -0.05) is 18.2 Å². The van der Waals surface area contributed by atoms with Crippen molar-refractivity contribution in [3.63, 3.8) is 0 Å². The summed E-state index contributed by atoms with van der Waals surface area (Å²) in [4.78, 5) is 15.8. The maximum absolute atomic E-state index is 11.8. The third kappa shape index (κ3) is 2.14. The van der Waals surface area contributed by atoms with Crippen molar-refractivity contribution in [1.29, 1.82) is 0 Å². The zero-order valence-corrected chi connectivity index (χ0v) is 9.90. The number of hydrogen-bond donors (Lipinski definition) is 0. The number of imidazole rings is 1. The van der Waals surface area contributed by atoms with Crippen LogP contribution in [0, 0.1) is 0 Å². The Hall–Kier alpha value is -2.10. The fraction of sp³-hybridized carbons (Fsp3) is 0.286. The molecule has 92 valence electrons. The molecule has 1 fully saturated rings. The van der Waals surface area contributed by atoms with Gasteiger partial charge in [0, 0.05) is 31.3 Å². The van der Waals surface area contributed by atoms with E-state index in [0.717, 1.165) is 12.8 Å². The molecular weight excluding hydrogens is 228 g/mol. The number of hydrogen-bond acceptors (Lipinski definition) is 3. The van der Waals surface area contributed by atoms with Crippen LogP contribution in [0.3, 0.4) is 0 Å². The molecule has 1 aromatic heterocycles. The Labute approximate surface area is 105 Å². The highest BCUT2D eigenvalue weighted by molar-refractivity contribution is 5.89. The van der Waals surface area contributed by atoms with Crippen molar-refractivity contribution in [1.82, 2.24) is 9.55 Å². The molecule has 0 N–H and O–H groups in total. The lowest BCUT2D eigenvalue weighted by Gasteiger charge is -2.35. The predicted molar refractivity (Wildman–Crippen MR) is 66.1 cm³/mol. The summed E-state index contributed by atoms with van der Waals surface area (Å²) in [6.07, 6.45) is 7.29. The summed E-state index contributed by atoms with van der Waals surface area (Å²) in [7, 11) is 0. The molecule has 0 saturated heterocycles. The minimum absolute atomic E-state index is 0.0325. The largest absolute Gasteiger partial charge is 0.459 e. The van der Waals surface area contributed by atoms with Gasteiger partial charge >= 0.3 is 5.97 Å². The second-order valence-corrected chi connectivity index (χ2v) is 4.53. The standard InChI is InChI=1S/C14H14N2O2/c17-14(11-4-2-1-3-5-11)18-13-8-12(9-13)16-7-6-15-10-16/h1-7,10,12-13H,8-9H2. The average molecular weight is 242 g/mol. The van der Waals surface area contributed by atoms with Crippen LogP contribution in [-0.2, 0) is 4.74 Å². The number of carbonyl (C=O) groups excluding carboxylic acids is 1. The van der Waals surface area contributed by atoms with Gasteiger partial charge in [0.1, 0.15) is 6.10 Å². The van der Waals surface area contributed by atoms with E-state index < -0.39 is 0 Å². The molecule has 0 bridgehead atoms. The van der Waals surface area contributed by atoms with Crippen LogP contribution in [0.2, 0.25) is 0 Å². The van der Waals surface area contributed by atoms with Crippen LogP contribution in [0.4, 0.5) is 0 Å². The second-order valence-electron chi connectivity index (χ2n) is 4.53. The van der Waals surface area contributed by atoms with Crippen molar-refractivity contribution in [3.8, 4) is 0 Å². The minimum Gasteiger partial charge on any atom is -0.459 e. The summed E-state index contributed by atoms with van der Waals surface area (Å²) in [5, 5.41) is 0. The van der Waals surface area contributed by atoms with E-state index in [2.05, 4.69) is 9.55 Å². The van der Waals surface area contributed by atoms with E-state index in [4.69, 9.17) is 4.74 Å². The van der Waals surface area contributed by atoms with Crippen LogP contribution in [0.1, 0.15) is 29.2 Å². The van der Waals surface area contributed by atoms with Gasteiger partial charge < -0.3 is 9.30 Å². The molecule has 0 amide bonds. The number of benzene rings is 1. The maximum Gasteiger partial charge on any atom is 0.338 e. The molecule has 1 aromatic carbocycles. The van der Waals surface area contributed by atoms with Gasteiger partial charge in [-0.15, -0.1) is 0 Å². The molecule has 1 saturated carbocycles. The first-order valence-electron chi connectivity index (χ1n) is 6.06. The molecule has 0 aliphatic heterocycles. The first kappa shape index (κ1) is 11.0. The minimum atomic E-state index is -0.232. The molecule has 0 radical (unpaired) electrons. The van der Waals surface area contributed by atoms with Crippen molar-refractivity contribution < 1.29 is 9.53 Å². The first-order chi connectivity index (χ1) is 8.83. The van der Waals surface area contributed by atoms with Crippen LogP contribution >= 0.6 is 0 Å². The van der Waals surface area contributed by atoms with Crippen molar-refractivity contribution >= 4 is 5.97 Å². The number of esters is 1. The Morgan fingerprint density at radius 2 is 2.06 bits per heavy atom. The van der Waals surface area contributed by atoms with Crippen molar-refractivity contribution in [2.45, 2.75) is 25.0 Å². The molecule has 3 rings (SSSR count). The molecule has 2 aromatic rings. The van der Waals surface area contributed by atoms with Crippen molar-refractivity contribution in [2.24, 2.45) is 0 Å². The average Bonchev–Trinajstić information content (AvgIpc) is 2.87. The van der Waals surface area contributed by atoms with Crippen LogP contribution in [0.15, 0.2) is 49.1 Å². The first-order valence-corrected chi connectivity index (χ1v) is 6.06. The van der Waals surface area contributed by atoms with E-state index in [1.165, 1.54) is 0 Å². The Kier molecular flexibility index (Phi) is 2.84. The molecule has 4 heteroatoms. The Morgan fingerprint density at radius 3 is 2.72 bits per heavy atom. The van der Waals surface area contributed by atoms with Crippen molar-refractivity contribution in [3.05, 3.63) is 54.6 Å². The SMILES string of the molecule is O=C(OC1CC(n2ccnc2)C1)c1ccccc1. The lowest BCUT2D eigenvalue weighted by Crippen LogP contribution is -2.34. The Bertz CT molecular complexity index is 516. The predicted octanol–water partition coefficient (Wildman–Crippen LogP) is 2.44. The van der Waals surface area contributed by atoms with E-state index in [0.29, 0.717) is 11.6 Å². The normalized spacial score (nSPS) is 22.2. The van der Waals surface area contributed by atoms with E-state index in [1.807, 2.05) is 24.4 Å². The smallest absolute Gasteiger partial charge is 0.338 e. The third-order valence-electron chi connectivity index (χ3n) is 3.30. The summed E-state index contributed by atoms with van der Waals surface area (Å²) >= 11 is 0. The molecule has 1 aliphatic rings. The van der Waals surface area contributed by atoms with Crippen LogP contribution in [0.5, 0.6) is 0 Å². The Balaban J connectivity index is 1.53. The topological polar surface area (TPSA) is 44.1 Å². The van der Waals surface area contributed by atoms with E-state index in [9.17, 15) is 4.79 Å². The maximum atomic E-state index is 11.8. The summed E-state index contributed by atoms with van der Waals surface area (Å²) < 4.78 is 7.49. The Morgan fingerprint density at radius 1 is 1.28 bits per heavy atom. The van der Waals surface area contributed by atoms with Gasteiger partial charge in [0.05, 0.1) is 11.9 Å². The summed E-state index contributed by atoms with van der Waals surface area (Å²) in [6, 6.07) is 9.52. The highest BCUT2D eigenvalue weighted by atomic mass is 16.5. The zero-order valence-electron chi connectivity index (χ0n) is 9.90. The fourth-order valence-electron chi connectivity index (χ4n) is 2.16. The lowest BCUT2D eigenvalue weighted by molar-refractivity contribution is -0.00796. The quantitative estimate of drug-likeness (QED) is 0.776. The van der Waals surface area contributed by atoms with Gasteiger partial charge in [-0.2, -0.15) is 0 Å². The molecule has 18 heavy (non-hydrogen) atoms. The number of ether oxygens (including phenoxy) is 1. The lowest BCUT2D eigenvalue weighted by atomic mass is 9.89.